The Kier molecular flexibility index (Phi) is 4.43. The Morgan fingerprint density at radius 3 is 2.14 bits per heavy atom. The number of hydrogen-bond donors (Lipinski definition) is 1. The summed E-state index contributed by atoms with van der Waals surface area (Å²) in [6.45, 7) is 0.439. The third-order valence-electron chi connectivity index (χ3n) is 3.45. The summed E-state index contributed by atoms with van der Waals surface area (Å²) >= 11 is 0. The van der Waals surface area contributed by atoms with Gasteiger partial charge in [0.25, 0.3) is 0 Å². The quantitative estimate of drug-likeness (QED) is 0.926. The number of allylic oxidation sites excluding steroid dienone is 4. The topological polar surface area (TPSA) is 68.8 Å². The summed E-state index contributed by atoms with van der Waals surface area (Å²) < 4.78 is 29.7. The Morgan fingerprint density at radius 1 is 1.09 bits per heavy atom. The van der Waals surface area contributed by atoms with E-state index in [4.69, 9.17) is 0 Å². The molecule has 0 atom stereocenters. The maximum atomic E-state index is 12.6. The number of halogens is 2. The number of alkyl halides is 2. The van der Waals surface area contributed by atoms with Crippen LogP contribution in [0.4, 0.5) is 8.78 Å². The van der Waals surface area contributed by atoms with Gasteiger partial charge in [0, 0.05) is 17.0 Å². The second-order valence-electron chi connectivity index (χ2n) is 4.78. The average Bonchev–Trinajstić information content (AvgIpc) is 2.46. The molecule has 0 aromatic heterocycles. The Hall–Kier alpha value is -2.86. The van der Waals surface area contributed by atoms with E-state index in [0.29, 0.717) is 28.1 Å². The molecule has 112 valence electrons. The van der Waals surface area contributed by atoms with Crippen LogP contribution in [-0.4, -0.2) is 6.61 Å². The van der Waals surface area contributed by atoms with Crippen molar-refractivity contribution >= 4 is 0 Å². The van der Waals surface area contributed by atoms with Crippen molar-refractivity contribution in [3.63, 3.8) is 0 Å². The van der Waals surface area contributed by atoms with Crippen molar-refractivity contribution in [1.82, 2.24) is 5.32 Å². The summed E-state index contributed by atoms with van der Waals surface area (Å²) in [5, 5.41) is 21.8. The minimum Gasteiger partial charge on any atom is -0.435 e. The summed E-state index contributed by atoms with van der Waals surface area (Å²) in [6.07, 6.45) is 0. The summed E-state index contributed by atoms with van der Waals surface area (Å²) in [4.78, 5) is 0. The largest absolute Gasteiger partial charge is 0.435 e. The Bertz CT molecular complexity index is 702. The van der Waals surface area contributed by atoms with Crippen molar-refractivity contribution in [3.05, 3.63) is 52.4 Å². The highest BCUT2D eigenvalue weighted by molar-refractivity contribution is 5.58. The van der Waals surface area contributed by atoms with Gasteiger partial charge in [-0.25, -0.2) is 0 Å². The molecule has 1 aliphatic rings. The summed E-state index contributed by atoms with van der Waals surface area (Å²) in [5.41, 5.74) is 2.18. The van der Waals surface area contributed by atoms with Crippen molar-refractivity contribution < 1.29 is 13.5 Å². The molecular weight excluding hydrogens is 288 g/mol. The van der Waals surface area contributed by atoms with Crippen LogP contribution < -0.4 is 10.1 Å². The lowest BCUT2D eigenvalue weighted by Gasteiger charge is -2.27. The molecule has 0 spiro atoms. The number of nitriles is 2. The number of rotatable bonds is 3. The van der Waals surface area contributed by atoms with Gasteiger partial charge in [0.2, 0.25) is 0 Å². The zero-order valence-electron chi connectivity index (χ0n) is 12.0. The van der Waals surface area contributed by atoms with Crippen molar-refractivity contribution in [2.45, 2.75) is 26.4 Å². The fraction of sp³-hybridized carbons (Fsp3) is 0.250. The molecule has 0 amide bonds. The Balaban J connectivity index is 2.65. The van der Waals surface area contributed by atoms with Crippen LogP contribution in [0.1, 0.15) is 25.3 Å². The highest BCUT2D eigenvalue weighted by Gasteiger charge is 2.31. The highest BCUT2D eigenvalue weighted by Crippen LogP contribution is 2.41. The predicted octanol–water partition coefficient (Wildman–Crippen LogP) is 3.57. The zero-order valence-corrected chi connectivity index (χ0v) is 12.0. The van der Waals surface area contributed by atoms with Crippen molar-refractivity contribution in [1.29, 1.82) is 10.5 Å². The van der Waals surface area contributed by atoms with Gasteiger partial charge in [-0.05, 0) is 19.9 Å². The van der Waals surface area contributed by atoms with E-state index < -0.39 is 12.5 Å². The first kappa shape index (κ1) is 15.5. The summed E-state index contributed by atoms with van der Waals surface area (Å²) in [7, 11) is 0. The number of benzene rings is 1. The minimum absolute atomic E-state index is 0.0366. The molecule has 0 fully saturated rings. The molecule has 6 heteroatoms. The van der Waals surface area contributed by atoms with Crippen molar-refractivity contribution in [2.75, 3.05) is 0 Å². The van der Waals surface area contributed by atoms with E-state index >= 15 is 0 Å². The van der Waals surface area contributed by atoms with E-state index in [0.717, 1.165) is 0 Å². The van der Waals surface area contributed by atoms with Crippen molar-refractivity contribution in [3.8, 4) is 17.9 Å². The number of nitrogens with one attached hydrogen (secondary N) is 1. The molecule has 0 bridgehead atoms. The molecule has 1 N–H and O–H groups in total. The molecule has 1 heterocycles. The second kappa shape index (κ2) is 6.28. The molecule has 0 unspecified atom stereocenters. The lowest BCUT2D eigenvalue weighted by atomic mass is 9.81. The molecule has 0 saturated heterocycles. The standard InChI is InChI=1S/C16H13F2N3O/c1-9-12(7-19)15(13(8-20)10(2)21-9)11-5-3-4-6-14(11)22-16(17)18/h3-6,15-16,21H,1-2H3. The number of dihydropyridines is 1. The molecule has 1 aromatic rings. The SMILES string of the molecule is CC1=C(C#N)C(c2ccccc2OC(F)F)C(C#N)=C(C)N1. The maximum absolute atomic E-state index is 12.6. The number of ether oxygens (including phenoxy) is 1. The van der Waals surface area contributed by atoms with Crippen molar-refractivity contribution in [2.24, 2.45) is 0 Å². The van der Waals surface area contributed by atoms with Crippen LogP contribution >= 0.6 is 0 Å². The zero-order chi connectivity index (χ0) is 16.3. The van der Waals surface area contributed by atoms with Crippen LogP contribution in [0, 0.1) is 22.7 Å². The third kappa shape index (κ3) is 2.77. The molecule has 0 aliphatic carbocycles. The predicted molar refractivity (Wildman–Crippen MR) is 75.6 cm³/mol. The van der Waals surface area contributed by atoms with Gasteiger partial charge in [0.05, 0.1) is 29.2 Å². The number of hydrogen-bond acceptors (Lipinski definition) is 4. The van der Waals surface area contributed by atoms with Gasteiger partial charge in [-0.2, -0.15) is 19.3 Å². The van der Waals surface area contributed by atoms with E-state index in [1.165, 1.54) is 6.07 Å². The fourth-order valence-electron chi connectivity index (χ4n) is 2.52. The Labute approximate surface area is 126 Å². The van der Waals surface area contributed by atoms with E-state index in [2.05, 4.69) is 22.2 Å². The lowest BCUT2D eigenvalue weighted by Crippen LogP contribution is -2.24. The lowest BCUT2D eigenvalue weighted by molar-refractivity contribution is -0.0504. The van der Waals surface area contributed by atoms with Gasteiger partial charge >= 0.3 is 6.61 Å². The molecule has 0 saturated carbocycles. The smallest absolute Gasteiger partial charge is 0.387 e. The Morgan fingerprint density at radius 2 is 1.64 bits per heavy atom. The number of para-hydroxylation sites is 1. The fourth-order valence-corrected chi connectivity index (χ4v) is 2.52. The molecular formula is C16H13F2N3O. The van der Waals surface area contributed by atoms with Crippen LogP contribution in [0.3, 0.4) is 0 Å². The normalized spacial score (nSPS) is 15.4. The molecule has 2 rings (SSSR count). The van der Waals surface area contributed by atoms with Gasteiger partial charge in [0.1, 0.15) is 5.75 Å². The third-order valence-corrected chi connectivity index (χ3v) is 3.45. The first-order valence-corrected chi connectivity index (χ1v) is 6.52. The summed E-state index contributed by atoms with van der Waals surface area (Å²) in [6, 6.07) is 10.3. The van der Waals surface area contributed by atoms with Crippen LogP contribution in [0.5, 0.6) is 5.75 Å². The first-order chi connectivity index (χ1) is 10.5. The monoisotopic (exact) mass is 301 g/mol. The first-order valence-electron chi connectivity index (χ1n) is 6.52. The molecule has 1 aromatic carbocycles. The average molecular weight is 301 g/mol. The second-order valence-corrected chi connectivity index (χ2v) is 4.78. The van der Waals surface area contributed by atoms with Gasteiger partial charge in [-0.3, -0.25) is 0 Å². The molecule has 0 radical (unpaired) electrons. The van der Waals surface area contributed by atoms with E-state index in [-0.39, 0.29) is 5.75 Å². The van der Waals surface area contributed by atoms with E-state index in [1.54, 1.807) is 32.0 Å². The van der Waals surface area contributed by atoms with Gasteiger partial charge < -0.3 is 10.1 Å². The van der Waals surface area contributed by atoms with Crippen LogP contribution in [0.25, 0.3) is 0 Å². The molecule has 1 aliphatic heterocycles. The highest BCUT2D eigenvalue weighted by atomic mass is 19.3. The van der Waals surface area contributed by atoms with E-state index in [9.17, 15) is 19.3 Å². The maximum Gasteiger partial charge on any atom is 0.387 e. The van der Waals surface area contributed by atoms with Crippen LogP contribution in [0.15, 0.2) is 46.8 Å². The summed E-state index contributed by atoms with van der Waals surface area (Å²) in [5.74, 6) is -0.753. The van der Waals surface area contributed by atoms with Crippen LogP contribution in [0.2, 0.25) is 0 Å². The van der Waals surface area contributed by atoms with E-state index in [1.807, 2.05) is 0 Å². The number of nitrogens with zero attached hydrogens (tertiary/aromatic N) is 2. The molecule has 4 nitrogen and oxygen atoms in total. The van der Waals surface area contributed by atoms with Crippen LogP contribution in [-0.2, 0) is 0 Å². The van der Waals surface area contributed by atoms with Gasteiger partial charge in [-0.15, -0.1) is 0 Å². The van der Waals surface area contributed by atoms with Gasteiger partial charge in [0.15, 0.2) is 0 Å². The molecule has 22 heavy (non-hydrogen) atoms. The van der Waals surface area contributed by atoms with Gasteiger partial charge in [-0.1, -0.05) is 18.2 Å². The minimum atomic E-state index is -2.98.